The van der Waals surface area contributed by atoms with Crippen LogP contribution in [-0.4, -0.2) is 18.5 Å². The maximum atomic E-state index is 11.5. The van der Waals surface area contributed by atoms with Crippen LogP contribution in [0.5, 0.6) is 0 Å². The highest BCUT2D eigenvalue weighted by Gasteiger charge is 2.22. The molecule has 0 aromatic carbocycles. The van der Waals surface area contributed by atoms with Gasteiger partial charge < -0.3 is 11.1 Å². The zero-order valence-corrected chi connectivity index (χ0v) is 10.1. The average Bonchev–Trinajstić information content (AvgIpc) is 2.02. The lowest BCUT2D eigenvalue weighted by Crippen LogP contribution is -2.39. The molecule has 84 valence electrons. The van der Waals surface area contributed by atoms with Gasteiger partial charge in [-0.25, -0.2) is 0 Å². The van der Waals surface area contributed by atoms with Crippen LogP contribution in [0.15, 0.2) is 0 Å². The fourth-order valence-corrected chi connectivity index (χ4v) is 0.977. The van der Waals surface area contributed by atoms with Gasteiger partial charge in [0.05, 0.1) is 0 Å². The summed E-state index contributed by atoms with van der Waals surface area (Å²) in [5, 5.41) is 2.87. The molecule has 0 bridgehead atoms. The molecule has 0 aliphatic heterocycles. The van der Waals surface area contributed by atoms with E-state index in [1.54, 1.807) is 0 Å². The third-order valence-corrected chi connectivity index (χ3v) is 2.73. The standard InChI is InChI=1S/C11H24N2O/c1-8(11(3,4)5)6-10(14)13-9(2)7-12/h8-9H,6-7,12H2,1-5H3,(H,13,14). The van der Waals surface area contributed by atoms with E-state index in [0.717, 1.165) is 0 Å². The van der Waals surface area contributed by atoms with Crippen LogP contribution in [0.2, 0.25) is 0 Å². The largest absolute Gasteiger partial charge is 0.352 e. The third-order valence-electron chi connectivity index (χ3n) is 2.73. The molecule has 0 aliphatic carbocycles. The molecule has 0 saturated carbocycles. The molecule has 3 N–H and O–H groups in total. The fraction of sp³-hybridized carbons (Fsp3) is 0.909. The van der Waals surface area contributed by atoms with Crippen molar-refractivity contribution in [3.63, 3.8) is 0 Å². The van der Waals surface area contributed by atoms with Gasteiger partial charge >= 0.3 is 0 Å². The zero-order valence-electron chi connectivity index (χ0n) is 10.1. The van der Waals surface area contributed by atoms with Gasteiger partial charge in [0.2, 0.25) is 5.91 Å². The minimum Gasteiger partial charge on any atom is -0.352 e. The van der Waals surface area contributed by atoms with Crippen molar-refractivity contribution in [3.05, 3.63) is 0 Å². The van der Waals surface area contributed by atoms with Crippen LogP contribution in [-0.2, 0) is 4.79 Å². The second-order valence-electron chi connectivity index (χ2n) is 5.18. The first-order chi connectivity index (χ1) is 6.27. The number of amides is 1. The number of hydrogen-bond acceptors (Lipinski definition) is 2. The molecule has 2 unspecified atom stereocenters. The Labute approximate surface area is 87.4 Å². The summed E-state index contributed by atoms with van der Waals surface area (Å²) in [5.41, 5.74) is 5.61. The summed E-state index contributed by atoms with van der Waals surface area (Å²) in [5.74, 6) is 0.484. The van der Waals surface area contributed by atoms with E-state index in [4.69, 9.17) is 5.73 Å². The monoisotopic (exact) mass is 200 g/mol. The van der Waals surface area contributed by atoms with E-state index in [1.807, 2.05) is 6.92 Å². The van der Waals surface area contributed by atoms with Crippen molar-refractivity contribution in [2.45, 2.75) is 47.1 Å². The Morgan fingerprint density at radius 3 is 2.21 bits per heavy atom. The lowest BCUT2D eigenvalue weighted by molar-refractivity contribution is -0.123. The zero-order chi connectivity index (χ0) is 11.4. The Bertz CT molecular complexity index is 184. The van der Waals surface area contributed by atoms with E-state index in [0.29, 0.717) is 18.9 Å². The van der Waals surface area contributed by atoms with E-state index >= 15 is 0 Å². The van der Waals surface area contributed by atoms with Gasteiger partial charge in [0.1, 0.15) is 0 Å². The first kappa shape index (κ1) is 13.4. The molecule has 0 radical (unpaired) electrons. The number of hydrogen-bond donors (Lipinski definition) is 2. The highest BCUT2D eigenvalue weighted by atomic mass is 16.1. The van der Waals surface area contributed by atoms with Gasteiger partial charge in [0.15, 0.2) is 0 Å². The molecule has 2 atom stereocenters. The molecule has 0 rings (SSSR count). The van der Waals surface area contributed by atoms with Crippen LogP contribution in [0.3, 0.4) is 0 Å². The Balaban J connectivity index is 3.95. The number of nitrogens with two attached hydrogens (primary N) is 1. The number of carbonyl (C=O) groups excluding carboxylic acids is 1. The molecule has 3 heteroatoms. The molecule has 0 aromatic heterocycles. The maximum absolute atomic E-state index is 11.5. The number of nitrogens with one attached hydrogen (secondary N) is 1. The molecule has 3 nitrogen and oxygen atoms in total. The van der Waals surface area contributed by atoms with Crippen molar-refractivity contribution in [1.29, 1.82) is 0 Å². The van der Waals surface area contributed by atoms with Crippen molar-refractivity contribution >= 4 is 5.91 Å². The molecule has 1 amide bonds. The normalized spacial score (nSPS) is 16.1. The molecule has 0 fully saturated rings. The SMILES string of the molecule is CC(CN)NC(=O)CC(C)C(C)(C)C. The van der Waals surface area contributed by atoms with Crippen LogP contribution < -0.4 is 11.1 Å². The van der Waals surface area contributed by atoms with E-state index in [1.165, 1.54) is 0 Å². The summed E-state index contributed by atoms with van der Waals surface area (Å²) in [6, 6.07) is 0.0784. The van der Waals surface area contributed by atoms with Gasteiger partial charge in [0, 0.05) is 19.0 Å². The maximum Gasteiger partial charge on any atom is 0.220 e. The summed E-state index contributed by atoms with van der Waals surface area (Å²) in [7, 11) is 0. The summed E-state index contributed by atoms with van der Waals surface area (Å²) < 4.78 is 0. The lowest BCUT2D eigenvalue weighted by Gasteiger charge is -2.27. The smallest absolute Gasteiger partial charge is 0.220 e. The van der Waals surface area contributed by atoms with Crippen molar-refractivity contribution in [2.24, 2.45) is 17.1 Å². The van der Waals surface area contributed by atoms with Gasteiger partial charge in [-0.1, -0.05) is 27.7 Å². The molecule has 14 heavy (non-hydrogen) atoms. The quantitative estimate of drug-likeness (QED) is 0.723. The second-order valence-corrected chi connectivity index (χ2v) is 5.18. The van der Waals surface area contributed by atoms with E-state index in [-0.39, 0.29) is 17.4 Å². The van der Waals surface area contributed by atoms with E-state index in [2.05, 4.69) is 33.0 Å². The first-order valence-electron chi connectivity index (χ1n) is 5.26. The minimum atomic E-state index is 0.0784. The predicted octanol–water partition coefficient (Wildman–Crippen LogP) is 1.52. The summed E-state index contributed by atoms with van der Waals surface area (Å²) >= 11 is 0. The van der Waals surface area contributed by atoms with Crippen molar-refractivity contribution < 1.29 is 4.79 Å². The van der Waals surface area contributed by atoms with Crippen molar-refractivity contribution in [2.75, 3.05) is 6.54 Å². The van der Waals surface area contributed by atoms with Crippen LogP contribution >= 0.6 is 0 Å². The molecular weight excluding hydrogens is 176 g/mol. The van der Waals surface area contributed by atoms with Crippen LogP contribution in [0.4, 0.5) is 0 Å². The molecule has 0 heterocycles. The van der Waals surface area contributed by atoms with Gasteiger partial charge in [-0.2, -0.15) is 0 Å². The van der Waals surface area contributed by atoms with Crippen molar-refractivity contribution in [3.8, 4) is 0 Å². The summed E-state index contributed by atoms with van der Waals surface area (Å²) in [6.07, 6.45) is 0.577. The first-order valence-corrected chi connectivity index (χ1v) is 5.26. The molecule has 0 aromatic rings. The Morgan fingerprint density at radius 2 is 1.86 bits per heavy atom. The van der Waals surface area contributed by atoms with Gasteiger partial charge in [-0.15, -0.1) is 0 Å². The Kier molecular flexibility index (Phi) is 5.13. The second kappa shape index (κ2) is 5.35. The van der Waals surface area contributed by atoms with Crippen LogP contribution in [0.1, 0.15) is 41.0 Å². The Hall–Kier alpha value is -0.570. The van der Waals surface area contributed by atoms with Crippen molar-refractivity contribution in [1.82, 2.24) is 5.32 Å². The van der Waals surface area contributed by atoms with Crippen LogP contribution in [0, 0.1) is 11.3 Å². The highest BCUT2D eigenvalue weighted by Crippen LogP contribution is 2.27. The fourth-order valence-electron chi connectivity index (χ4n) is 0.977. The highest BCUT2D eigenvalue weighted by molar-refractivity contribution is 5.76. The minimum absolute atomic E-state index is 0.0784. The van der Waals surface area contributed by atoms with Crippen LogP contribution in [0.25, 0.3) is 0 Å². The average molecular weight is 200 g/mol. The topological polar surface area (TPSA) is 55.1 Å². The predicted molar refractivity (Wildman–Crippen MR) is 59.9 cm³/mol. The molecular formula is C11H24N2O. The van der Waals surface area contributed by atoms with E-state index < -0.39 is 0 Å². The number of rotatable bonds is 4. The summed E-state index contributed by atoms with van der Waals surface area (Å²) in [4.78, 5) is 11.5. The Morgan fingerprint density at radius 1 is 1.36 bits per heavy atom. The van der Waals surface area contributed by atoms with Gasteiger partial charge in [0.25, 0.3) is 0 Å². The van der Waals surface area contributed by atoms with Gasteiger partial charge in [-0.3, -0.25) is 4.79 Å². The van der Waals surface area contributed by atoms with Gasteiger partial charge in [-0.05, 0) is 18.3 Å². The molecule has 0 aliphatic rings. The number of carbonyl (C=O) groups is 1. The molecule has 0 spiro atoms. The summed E-state index contributed by atoms with van der Waals surface area (Å²) in [6.45, 7) is 11.0. The van der Waals surface area contributed by atoms with E-state index in [9.17, 15) is 4.79 Å². The molecule has 0 saturated heterocycles. The third kappa shape index (κ3) is 5.22. The lowest BCUT2D eigenvalue weighted by atomic mass is 9.80.